The van der Waals surface area contributed by atoms with Crippen LogP contribution in [0.4, 0.5) is 0 Å². The molecular weight excluding hydrogens is 436 g/mol. The Kier molecular flexibility index (Phi) is 9.54. The Bertz CT molecular complexity index is 963. The van der Waals surface area contributed by atoms with Gasteiger partial charge in [-0.05, 0) is 30.1 Å². The number of fused-ring (bicyclic) bond motifs is 1. The van der Waals surface area contributed by atoms with Crippen LogP contribution in [-0.2, 0) is 30.3 Å². The average molecular weight is 465 g/mol. The smallest absolute Gasteiger partial charge is 0.328 e. The number of carbonyl (C=O) groups is 4. The molecule has 10 nitrogen and oxygen atoms in total. The number of nitrogens with one attached hydrogen (secondary N) is 3. The summed E-state index contributed by atoms with van der Waals surface area (Å²) in [6, 6.07) is 4.12. The molecule has 11 heteroatoms. The Hall–Kier alpha value is -3.05. The summed E-state index contributed by atoms with van der Waals surface area (Å²) in [6.07, 6.45) is 3.43. The Labute approximate surface area is 189 Å². The van der Waals surface area contributed by atoms with E-state index >= 15 is 0 Å². The Morgan fingerprint density at radius 1 is 1.16 bits per heavy atom. The van der Waals surface area contributed by atoms with Gasteiger partial charge < -0.3 is 31.2 Å². The predicted octanol–water partition coefficient (Wildman–Crippen LogP) is 0.408. The average Bonchev–Trinajstić information content (AvgIpc) is 3.18. The number of carboxylic acid groups (broad SMARTS) is 1. The summed E-state index contributed by atoms with van der Waals surface area (Å²) in [5.41, 5.74) is 7.46. The zero-order chi connectivity index (χ0) is 23.7. The van der Waals surface area contributed by atoms with Crippen molar-refractivity contribution in [3.05, 3.63) is 36.0 Å². The van der Waals surface area contributed by atoms with Crippen molar-refractivity contribution in [1.82, 2.24) is 15.6 Å². The normalized spacial score (nSPS) is 13.7. The van der Waals surface area contributed by atoms with Crippen molar-refractivity contribution in [1.29, 1.82) is 0 Å². The molecule has 0 saturated carbocycles. The largest absolute Gasteiger partial charge is 0.481 e. The van der Waals surface area contributed by atoms with Gasteiger partial charge in [-0.2, -0.15) is 11.8 Å². The van der Waals surface area contributed by atoms with Gasteiger partial charge in [-0.15, -0.1) is 0 Å². The summed E-state index contributed by atoms with van der Waals surface area (Å²) in [7, 11) is 1.19. The van der Waals surface area contributed by atoms with Crippen LogP contribution in [0.3, 0.4) is 0 Å². The minimum atomic E-state index is -1.39. The first-order valence-corrected chi connectivity index (χ1v) is 11.4. The monoisotopic (exact) mass is 464 g/mol. The lowest BCUT2D eigenvalue weighted by molar-refractivity contribution is -0.145. The maximum atomic E-state index is 12.8. The molecule has 2 rings (SSSR count). The standard InChI is InChI=1S/C21H28N4O6S/c1-31-21(30)17(9-12-11-23-15-6-4-3-5-13(12)15)25-20(29)16(10-18(26)27)24-19(28)14(22)7-8-32-2/h3-6,11,14,16-17,23H,7-10,22H2,1-2H3,(H,24,28)(H,25,29)(H,26,27)/t14-,16?,17-/m0/s1. The van der Waals surface area contributed by atoms with Gasteiger partial charge in [0.2, 0.25) is 11.8 Å². The minimum absolute atomic E-state index is 0.114. The summed E-state index contributed by atoms with van der Waals surface area (Å²) in [5.74, 6) is -2.78. The first-order chi connectivity index (χ1) is 15.3. The Balaban J connectivity index is 2.15. The van der Waals surface area contributed by atoms with E-state index in [1.807, 2.05) is 30.5 Å². The number of amides is 2. The second-order valence-electron chi connectivity index (χ2n) is 7.19. The number of benzene rings is 1. The molecular formula is C21H28N4O6S. The van der Waals surface area contributed by atoms with Crippen molar-refractivity contribution in [3.63, 3.8) is 0 Å². The summed E-state index contributed by atoms with van der Waals surface area (Å²) in [5, 5.41) is 15.0. The lowest BCUT2D eigenvalue weighted by Crippen LogP contribution is -2.55. The molecule has 1 unspecified atom stereocenters. The number of carboxylic acids is 1. The fraction of sp³-hybridized carbons (Fsp3) is 0.429. The van der Waals surface area contributed by atoms with Gasteiger partial charge in [0.25, 0.3) is 0 Å². The molecule has 0 aliphatic heterocycles. The zero-order valence-corrected chi connectivity index (χ0v) is 18.7. The number of esters is 1. The Morgan fingerprint density at radius 3 is 2.50 bits per heavy atom. The number of hydrogen-bond acceptors (Lipinski definition) is 7. The topological polar surface area (TPSA) is 164 Å². The van der Waals surface area contributed by atoms with Crippen LogP contribution in [-0.4, -0.2) is 71.1 Å². The van der Waals surface area contributed by atoms with E-state index in [0.717, 1.165) is 16.5 Å². The first kappa shape index (κ1) is 25.2. The number of para-hydroxylation sites is 1. The molecule has 1 aromatic carbocycles. The highest BCUT2D eigenvalue weighted by molar-refractivity contribution is 7.98. The van der Waals surface area contributed by atoms with Gasteiger partial charge in [0.05, 0.1) is 19.6 Å². The van der Waals surface area contributed by atoms with Crippen LogP contribution in [0.5, 0.6) is 0 Å². The van der Waals surface area contributed by atoms with Crippen molar-refractivity contribution >= 4 is 46.4 Å². The van der Waals surface area contributed by atoms with E-state index in [1.165, 1.54) is 18.9 Å². The van der Waals surface area contributed by atoms with Crippen LogP contribution in [0.15, 0.2) is 30.5 Å². The van der Waals surface area contributed by atoms with Gasteiger partial charge >= 0.3 is 11.9 Å². The van der Waals surface area contributed by atoms with E-state index < -0.39 is 48.3 Å². The molecule has 3 atom stereocenters. The lowest BCUT2D eigenvalue weighted by Gasteiger charge is -2.22. The quantitative estimate of drug-likeness (QED) is 0.282. The van der Waals surface area contributed by atoms with E-state index in [4.69, 9.17) is 10.5 Å². The number of aromatic amines is 1. The molecule has 2 aromatic rings. The lowest BCUT2D eigenvalue weighted by atomic mass is 10.0. The second-order valence-corrected chi connectivity index (χ2v) is 8.18. The molecule has 6 N–H and O–H groups in total. The van der Waals surface area contributed by atoms with E-state index in [0.29, 0.717) is 12.2 Å². The number of carbonyl (C=O) groups excluding carboxylic acids is 3. The van der Waals surface area contributed by atoms with Crippen molar-refractivity contribution < 1.29 is 29.0 Å². The van der Waals surface area contributed by atoms with Crippen LogP contribution in [0.25, 0.3) is 10.9 Å². The highest BCUT2D eigenvalue weighted by Gasteiger charge is 2.30. The van der Waals surface area contributed by atoms with Crippen LogP contribution >= 0.6 is 11.8 Å². The van der Waals surface area contributed by atoms with Crippen LogP contribution < -0.4 is 16.4 Å². The third kappa shape index (κ3) is 6.99. The highest BCUT2D eigenvalue weighted by atomic mass is 32.2. The number of hydrogen-bond donors (Lipinski definition) is 5. The number of thioether (sulfide) groups is 1. The molecule has 0 bridgehead atoms. The van der Waals surface area contributed by atoms with E-state index in [2.05, 4.69) is 15.6 Å². The number of aliphatic carboxylic acids is 1. The molecule has 0 fully saturated rings. The van der Waals surface area contributed by atoms with Gasteiger partial charge in [-0.3, -0.25) is 14.4 Å². The van der Waals surface area contributed by atoms with Crippen molar-refractivity contribution in [3.8, 4) is 0 Å². The van der Waals surface area contributed by atoms with Gasteiger partial charge in [0.1, 0.15) is 12.1 Å². The van der Waals surface area contributed by atoms with E-state index in [-0.39, 0.29) is 6.42 Å². The highest BCUT2D eigenvalue weighted by Crippen LogP contribution is 2.19. The molecule has 174 valence electrons. The van der Waals surface area contributed by atoms with Crippen molar-refractivity contribution in [2.24, 2.45) is 5.73 Å². The third-order valence-electron chi connectivity index (χ3n) is 4.88. The fourth-order valence-electron chi connectivity index (χ4n) is 3.17. The molecule has 32 heavy (non-hydrogen) atoms. The van der Waals surface area contributed by atoms with Gasteiger partial charge in [-0.25, -0.2) is 4.79 Å². The second kappa shape index (κ2) is 12.1. The predicted molar refractivity (Wildman–Crippen MR) is 121 cm³/mol. The van der Waals surface area contributed by atoms with Gasteiger partial charge in [0, 0.05) is 23.5 Å². The Morgan fingerprint density at radius 2 is 1.84 bits per heavy atom. The molecule has 1 heterocycles. The summed E-state index contributed by atoms with van der Waals surface area (Å²) < 4.78 is 4.81. The molecule has 0 radical (unpaired) electrons. The summed E-state index contributed by atoms with van der Waals surface area (Å²) in [4.78, 5) is 51.8. The van der Waals surface area contributed by atoms with Crippen molar-refractivity contribution in [2.75, 3.05) is 19.1 Å². The number of aromatic nitrogens is 1. The molecule has 0 spiro atoms. The number of rotatable bonds is 12. The van der Waals surface area contributed by atoms with Crippen LogP contribution in [0, 0.1) is 0 Å². The van der Waals surface area contributed by atoms with Crippen LogP contribution in [0.1, 0.15) is 18.4 Å². The molecule has 0 aliphatic carbocycles. The number of methoxy groups -OCH3 is 1. The maximum absolute atomic E-state index is 12.8. The number of H-pyrrole nitrogens is 1. The summed E-state index contributed by atoms with van der Waals surface area (Å²) in [6.45, 7) is 0. The van der Waals surface area contributed by atoms with E-state index in [1.54, 1.807) is 6.20 Å². The first-order valence-electron chi connectivity index (χ1n) is 9.96. The maximum Gasteiger partial charge on any atom is 0.328 e. The number of nitrogens with two attached hydrogens (primary N) is 1. The fourth-order valence-corrected chi connectivity index (χ4v) is 3.66. The summed E-state index contributed by atoms with van der Waals surface area (Å²) >= 11 is 1.51. The molecule has 2 amide bonds. The van der Waals surface area contributed by atoms with Crippen molar-refractivity contribution in [2.45, 2.75) is 37.4 Å². The van der Waals surface area contributed by atoms with E-state index in [9.17, 15) is 24.3 Å². The molecule has 0 saturated heterocycles. The third-order valence-corrected chi connectivity index (χ3v) is 5.53. The molecule has 1 aromatic heterocycles. The number of ether oxygens (including phenoxy) is 1. The minimum Gasteiger partial charge on any atom is -0.481 e. The SMILES string of the molecule is COC(=O)[C@H](Cc1c[nH]c2ccccc12)NC(=O)C(CC(=O)O)NC(=O)[C@@H](N)CCSC. The van der Waals surface area contributed by atoms with Gasteiger partial charge in [-0.1, -0.05) is 18.2 Å². The van der Waals surface area contributed by atoms with Crippen LogP contribution in [0.2, 0.25) is 0 Å². The van der Waals surface area contributed by atoms with Gasteiger partial charge in [0.15, 0.2) is 0 Å². The molecule has 0 aliphatic rings. The zero-order valence-electron chi connectivity index (χ0n) is 17.9.